The average Bonchev–Trinajstić information content (AvgIpc) is 2.62. The Kier molecular flexibility index (Phi) is 4.75. The number of nitrogens with one attached hydrogen (secondary N) is 1. The van der Waals surface area contributed by atoms with Gasteiger partial charge in [-0.3, -0.25) is 5.41 Å². The molecule has 0 spiro atoms. The van der Waals surface area contributed by atoms with Crippen LogP contribution in [0.15, 0.2) is 23.1 Å². The van der Waals surface area contributed by atoms with Gasteiger partial charge in [0.1, 0.15) is 5.84 Å². The van der Waals surface area contributed by atoms with Gasteiger partial charge in [0.15, 0.2) is 0 Å². The summed E-state index contributed by atoms with van der Waals surface area (Å²) < 4.78 is 0. The molecule has 3 nitrogen and oxygen atoms in total. The van der Waals surface area contributed by atoms with E-state index in [-0.39, 0.29) is 5.84 Å². The van der Waals surface area contributed by atoms with E-state index in [1.807, 2.05) is 12.3 Å². The summed E-state index contributed by atoms with van der Waals surface area (Å²) in [4.78, 5) is 3.53. The Morgan fingerprint density at radius 2 is 2.16 bits per heavy atom. The van der Waals surface area contributed by atoms with E-state index in [2.05, 4.69) is 24.0 Å². The molecule has 0 saturated carbocycles. The van der Waals surface area contributed by atoms with Gasteiger partial charge in [-0.1, -0.05) is 18.9 Å². The number of thioether (sulfide) groups is 1. The highest BCUT2D eigenvalue weighted by molar-refractivity contribution is 7.98. The zero-order valence-electron chi connectivity index (χ0n) is 11.8. The van der Waals surface area contributed by atoms with Crippen LogP contribution in [-0.2, 0) is 0 Å². The predicted molar refractivity (Wildman–Crippen MR) is 84.5 cm³/mol. The van der Waals surface area contributed by atoms with Gasteiger partial charge >= 0.3 is 0 Å². The van der Waals surface area contributed by atoms with E-state index in [1.165, 1.54) is 25.7 Å². The lowest BCUT2D eigenvalue weighted by molar-refractivity contribution is 0.615. The fraction of sp³-hybridized carbons (Fsp3) is 0.533. The van der Waals surface area contributed by atoms with E-state index in [9.17, 15) is 0 Å². The van der Waals surface area contributed by atoms with Crippen LogP contribution in [0.3, 0.4) is 0 Å². The van der Waals surface area contributed by atoms with E-state index >= 15 is 0 Å². The van der Waals surface area contributed by atoms with E-state index in [4.69, 9.17) is 11.1 Å². The van der Waals surface area contributed by atoms with Gasteiger partial charge in [-0.2, -0.15) is 0 Å². The molecule has 1 aromatic carbocycles. The molecule has 1 aromatic rings. The van der Waals surface area contributed by atoms with E-state index in [0.29, 0.717) is 6.04 Å². The molecule has 0 amide bonds. The van der Waals surface area contributed by atoms with Crippen LogP contribution in [0, 0.1) is 5.41 Å². The molecule has 104 valence electrons. The largest absolute Gasteiger partial charge is 0.384 e. The Morgan fingerprint density at radius 3 is 2.84 bits per heavy atom. The quantitative estimate of drug-likeness (QED) is 0.505. The maximum Gasteiger partial charge on any atom is 0.126 e. The Morgan fingerprint density at radius 1 is 1.37 bits per heavy atom. The van der Waals surface area contributed by atoms with Crippen molar-refractivity contribution in [3.63, 3.8) is 0 Å². The normalized spacial score (nSPS) is 20.1. The summed E-state index contributed by atoms with van der Waals surface area (Å²) >= 11 is 1.66. The van der Waals surface area contributed by atoms with Crippen LogP contribution in [0.1, 0.15) is 38.2 Å². The Hall–Kier alpha value is -1.16. The van der Waals surface area contributed by atoms with Crippen molar-refractivity contribution in [2.75, 3.05) is 17.7 Å². The molecule has 1 aliphatic rings. The molecule has 3 N–H and O–H groups in total. The lowest BCUT2D eigenvalue weighted by Gasteiger charge is -2.31. The Balaban J connectivity index is 2.45. The second-order valence-corrected chi connectivity index (χ2v) is 6.01. The number of nitrogens with two attached hydrogens (primary N) is 1. The summed E-state index contributed by atoms with van der Waals surface area (Å²) in [7, 11) is 0. The molecule has 1 aliphatic heterocycles. The molecular formula is C15H23N3S. The lowest BCUT2D eigenvalue weighted by Crippen LogP contribution is -2.34. The Labute approximate surface area is 120 Å². The highest BCUT2D eigenvalue weighted by Crippen LogP contribution is 2.32. The van der Waals surface area contributed by atoms with Crippen LogP contribution >= 0.6 is 11.8 Å². The number of benzene rings is 1. The maximum atomic E-state index is 7.90. The van der Waals surface area contributed by atoms with Crippen molar-refractivity contribution >= 4 is 23.3 Å². The fourth-order valence-corrected chi connectivity index (χ4v) is 3.47. The van der Waals surface area contributed by atoms with Gasteiger partial charge in [0.05, 0.1) is 5.56 Å². The molecule has 19 heavy (non-hydrogen) atoms. The monoisotopic (exact) mass is 277 g/mol. The highest BCUT2D eigenvalue weighted by Gasteiger charge is 2.22. The molecule has 1 unspecified atom stereocenters. The molecule has 0 aliphatic carbocycles. The average molecular weight is 277 g/mol. The van der Waals surface area contributed by atoms with Crippen molar-refractivity contribution in [3.8, 4) is 0 Å². The van der Waals surface area contributed by atoms with E-state index < -0.39 is 0 Å². The number of rotatable bonds is 3. The van der Waals surface area contributed by atoms with Crippen LogP contribution in [0.4, 0.5) is 5.69 Å². The summed E-state index contributed by atoms with van der Waals surface area (Å²) in [6.07, 6.45) is 7.09. The first-order valence-corrected chi connectivity index (χ1v) is 8.15. The molecule has 1 heterocycles. The van der Waals surface area contributed by atoms with Crippen LogP contribution in [0.5, 0.6) is 0 Å². The zero-order chi connectivity index (χ0) is 13.8. The van der Waals surface area contributed by atoms with Crippen molar-refractivity contribution in [1.82, 2.24) is 0 Å². The van der Waals surface area contributed by atoms with Gasteiger partial charge in [0, 0.05) is 23.2 Å². The molecule has 0 aromatic heterocycles. The van der Waals surface area contributed by atoms with Gasteiger partial charge in [0.2, 0.25) is 0 Å². The molecule has 0 radical (unpaired) electrons. The van der Waals surface area contributed by atoms with Crippen molar-refractivity contribution in [2.24, 2.45) is 5.73 Å². The molecule has 1 saturated heterocycles. The summed E-state index contributed by atoms with van der Waals surface area (Å²) in [5, 5.41) is 7.90. The van der Waals surface area contributed by atoms with Crippen LogP contribution in [0.2, 0.25) is 0 Å². The third kappa shape index (κ3) is 3.06. The number of nitrogen functional groups attached to an aromatic ring is 1. The summed E-state index contributed by atoms with van der Waals surface area (Å²) in [5.74, 6) is 0.177. The summed E-state index contributed by atoms with van der Waals surface area (Å²) in [5.41, 5.74) is 7.86. The molecule has 1 atom stereocenters. The third-order valence-electron chi connectivity index (χ3n) is 3.86. The second-order valence-electron chi connectivity index (χ2n) is 5.16. The van der Waals surface area contributed by atoms with Crippen LogP contribution < -0.4 is 10.6 Å². The predicted octanol–water partition coefficient (Wildman–Crippen LogP) is 3.46. The first-order valence-electron chi connectivity index (χ1n) is 6.93. The first kappa shape index (κ1) is 14.3. The number of nitrogens with zero attached hydrogens (tertiary/aromatic N) is 1. The highest BCUT2D eigenvalue weighted by atomic mass is 32.2. The molecule has 0 bridgehead atoms. The van der Waals surface area contributed by atoms with Gasteiger partial charge in [-0.15, -0.1) is 11.8 Å². The van der Waals surface area contributed by atoms with Crippen molar-refractivity contribution in [3.05, 3.63) is 23.8 Å². The molecule has 1 fully saturated rings. The van der Waals surface area contributed by atoms with Crippen molar-refractivity contribution in [1.29, 1.82) is 5.41 Å². The summed E-state index contributed by atoms with van der Waals surface area (Å²) in [6.45, 7) is 3.35. The van der Waals surface area contributed by atoms with Gasteiger partial charge in [-0.05, 0) is 38.2 Å². The van der Waals surface area contributed by atoms with Gasteiger partial charge in [0.25, 0.3) is 0 Å². The van der Waals surface area contributed by atoms with E-state index in [1.54, 1.807) is 11.8 Å². The van der Waals surface area contributed by atoms with E-state index in [0.717, 1.165) is 22.7 Å². The lowest BCUT2D eigenvalue weighted by atomic mass is 10.1. The maximum absolute atomic E-state index is 7.90. The number of anilines is 1. The molecule has 4 heteroatoms. The standard InChI is InChI=1S/C15H23N3S/c1-11-7-4-3-5-10-18(11)12-8-6-9-13(19-2)14(12)15(16)17/h6,8-9,11H,3-5,7,10H2,1-2H3,(H3,16,17). The SMILES string of the molecule is CSc1cccc(N2CCCCCC2C)c1C(=N)N. The minimum Gasteiger partial charge on any atom is -0.384 e. The zero-order valence-corrected chi connectivity index (χ0v) is 12.6. The van der Waals surface area contributed by atoms with Crippen molar-refractivity contribution < 1.29 is 0 Å². The minimum absolute atomic E-state index is 0.177. The topological polar surface area (TPSA) is 53.1 Å². The number of hydrogen-bond acceptors (Lipinski definition) is 3. The molecule has 2 rings (SSSR count). The fourth-order valence-electron chi connectivity index (χ4n) is 2.83. The number of amidine groups is 1. The minimum atomic E-state index is 0.177. The van der Waals surface area contributed by atoms with Gasteiger partial charge < -0.3 is 10.6 Å². The smallest absolute Gasteiger partial charge is 0.126 e. The molecular weight excluding hydrogens is 254 g/mol. The number of hydrogen-bond donors (Lipinski definition) is 2. The Bertz CT molecular complexity index is 459. The summed E-state index contributed by atoms with van der Waals surface area (Å²) in [6, 6.07) is 6.76. The van der Waals surface area contributed by atoms with Crippen LogP contribution in [-0.4, -0.2) is 24.7 Å². The third-order valence-corrected chi connectivity index (χ3v) is 4.64. The first-order chi connectivity index (χ1) is 9.15. The van der Waals surface area contributed by atoms with Crippen LogP contribution in [0.25, 0.3) is 0 Å². The second kappa shape index (κ2) is 6.33. The van der Waals surface area contributed by atoms with Crippen molar-refractivity contribution in [2.45, 2.75) is 43.5 Å². The van der Waals surface area contributed by atoms with Gasteiger partial charge in [-0.25, -0.2) is 0 Å².